The van der Waals surface area contributed by atoms with Crippen LogP contribution in [0.15, 0.2) is 24.3 Å². The lowest BCUT2D eigenvalue weighted by atomic mass is 9.90. The highest BCUT2D eigenvalue weighted by Crippen LogP contribution is 2.34. The normalized spacial score (nSPS) is 19.7. The van der Waals surface area contributed by atoms with Crippen LogP contribution < -0.4 is 10.1 Å². The largest absolute Gasteiger partial charge is 0.496 e. The molecular formula is C16H18N4O4S. The number of rotatable bonds is 4. The summed E-state index contributed by atoms with van der Waals surface area (Å²) >= 11 is 1.23. The van der Waals surface area contributed by atoms with Crippen molar-refractivity contribution in [3.05, 3.63) is 24.3 Å². The average Bonchev–Trinajstić information content (AvgIpc) is 3.22. The summed E-state index contributed by atoms with van der Waals surface area (Å²) in [4.78, 5) is 25.1. The van der Waals surface area contributed by atoms with Crippen LogP contribution in [-0.4, -0.2) is 52.4 Å². The number of carboxylic acids is 1. The fourth-order valence-corrected chi connectivity index (χ4v) is 3.45. The Morgan fingerprint density at radius 2 is 2.12 bits per heavy atom. The number of hydrogen-bond donors (Lipinski definition) is 2. The van der Waals surface area contributed by atoms with E-state index in [1.54, 1.807) is 14.0 Å². The maximum absolute atomic E-state index is 12.3. The molecule has 1 atom stereocenters. The number of ether oxygens (including phenoxy) is 1. The van der Waals surface area contributed by atoms with E-state index in [2.05, 4.69) is 15.5 Å². The summed E-state index contributed by atoms with van der Waals surface area (Å²) in [5, 5.41) is 21.0. The predicted octanol–water partition coefficient (Wildman–Crippen LogP) is 2.54. The van der Waals surface area contributed by atoms with E-state index in [0.717, 1.165) is 5.56 Å². The molecule has 1 fully saturated rings. The number of anilines is 1. The summed E-state index contributed by atoms with van der Waals surface area (Å²) < 4.78 is 5.30. The maximum Gasteiger partial charge on any atom is 0.323 e. The van der Waals surface area contributed by atoms with Crippen molar-refractivity contribution >= 4 is 28.5 Å². The summed E-state index contributed by atoms with van der Waals surface area (Å²) in [7, 11) is 1.58. The molecule has 2 aromatic rings. The van der Waals surface area contributed by atoms with Crippen LogP contribution in [0.1, 0.15) is 13.3 Å². The van der Waals surface area contributed by atoms with Gasteiger partial charge in [-0.2, -0.15) is 0 Å². The third-order valence-corrected chi connectivity index (χ3v) is 5.13. The van der Waals surface area contributed by atoms with E-state index in [9.17, 15) is 14.7 Å². The zero-order chi connectivity index (χ0) is 18.0. The second-order valence-corrected chi connectivity index (χ2v) is 7.06. The first kappa shape index (κ1) is 17.2. The second-order valence-electron chi connectivity index (χ2n) is 6.08. The van der Waals surface area contributed by atoms with E-state index >= 15 is 0 Å². The summed E-state index contributed by atoms with van der Waals surface area (Å²) in [5.74, 6) is -0.217. The summed E-state index contributed by atoms with van der Waals surface area (Å²) in [6, 6.07) is 7.05. The van der Waals surface area contributed by atoms with Gasteiger partial charge in [-0.05, 0) is 25.5 Å². The van der Waals surface area contributed by atoms with Gasteiger partial charge in [-0.25, -0.2) is 4.79 Å². The van der Waals surface area contributed by atoms with Crippen molar-refractivity contribution in [1.82, 2.24) is 15.1 Å². The number of urea groups is 1. The smallest absolute Gasteiger partial charge is 0.323 e. The van der Waals surface area contributed by atoms with E-state index in [-0.39, 0.29) is 12.6 Å². The number of carbonyl (C=O) groups excluding carboxylic acids is 1. The second kappa shape index (κ2) is 6.67. The van der Waals surface area contributed by atoms with Crippen LogP contribution >= 0.6 is 11.3 Å². The molecule has 1 aromatic carbocycles. The molecule has 0 saturated carbocycles. The van der Waals surface area contributed by atoms with Gasteiger partial charge in [-0.15, -0.1) is 10.2 Å². The average molecular weight is 362 g/mol. The SMILES string of the molecule is COc1ccccc1-c1nnc(NC(=O)N2CCC(C)(C(=O)O)C2)s1. The number of aromatic nitrogens is 2. The van der Waals surface area contributed by atoms with Crippen molar-refractivity contribution in [3.63, 3.8) is 0 Å². The fraction of sp³-hybridized carbons (Fsp3) is 0.375. The summed E-state index contributed by atoms with van der Waals surface area (Å²) in [5.41, 5.74) is -0.108. The van der Waals surface area contributed by atoms with E-state index in [4.69, 9.17) is 4.74 Å². The molecule has 2 heterocycles. The highest BCUT2D eigenvalue weighted by atomic mass is 32.1. The van der Waals surface area contributed by atoms with Crippen LogP contribution in [0.3, 0.4) is 0 Å². The number of para-hydroxylation sites is 1. The lowest BCUT2D eigenvalue weighted by Crippen LogP contribution is -2.37. The molecule has 132 valence electrons. The Hall–Kier alpha value is -2.68. The quantitative estimate of drug-likeness (QED) is 0.866. The minimum absolute atomic E-state index is 0.173. The molecule has 1 aromatic heterocycles. The molecule has 1 aliphatic heterocycles. The standard InChI is InChI=1S/C16H18N4O4S/c1-16(13(21)22)7-8-20(9-16)15(23)17-14-19-18-12(25-14)10-5-3-4-6-11(10)24-2/h3-6H,7-9H2,1-2H3,(H,21,22)(H,17,19,23). The van der Waals surface area contributed by atoms with Crippen LogP contribution in [0.25, 0.3) is 10.6 Å². The first-order chi connectivity index (χ1) is 11.9. The summed E-state index contributed by atoms with van der Waals surface area (Å²) in [6.45, 7) is 2.21. The molecule has 9 heteroatoms. The Bertz CT molecular complexity index is 809. The molecule has 0 bridgehead atoms. The Kier molecular flexibility index (Phi) is 4.58. The van der Waals surface area contributed by atoms with Gasteiger partial charge in [0, 0.05) is 13.1 Å². The number of likely N-dealkylation sites (tertiary alicyclic amines) is 1. The Morgan fingerprint density at radius 1 is 1.36 bits per heavy atom. The van der Waals surface area contributed by atoms with Gasteiger partial charge in [0.15, 0.2) is 5.01 Å². The number of nitrogens with zero attached hydrogens (tertiary/aromatic N) is 3. The molecular weight excluding hydrogens is 344 g/mol. The van der Waals surface area contributed by atoms with E-state index in [1.807, 2.05) is 24.3 Å². The molecule has 2 amide bonds. The number of nitrogens with one attached hydrogen (secondary N) is 1. The van der Waals surface area contributed by atoms with E-state index < -0.39 is 11.4 Å². The van der Waals surface area contributed by atoms with Crippen molar-refractivity contribution in [2.45, 2.75) is 13.3 Å². The molecule has 1 saturated heterocycles. The summed E-state index contributed by atoms with van der Waals surface area (Å²) in [6.07, 6.45) is 0.429. The minimum atomic E-state index is -0.902. The molecule has 2 N–H and O–H groups in total. The first-order valence-electron chi connectivity index (χ1n) is 7.69. The molecule has 0 spiro atoms. The number of amides is 2. The van der Waals surface area contributed by atoms with Crippen LogP contribution in [0.2, 0.25) is 0 Å². The third kappa shape index (κ3) is 3.41. The van der Waals surface area contributed by atoms with Gasteiger partial charge >= 0.3 is 12.0 Å². The van der Waals surface area contributed by atoms with Gasteiger partial charge in [-0.3, -0.25) is 10.1 Å². The van der Waals surface area contributed by atoms with Crippen LogP contribution in [0.4, 0.5) is 9.93 Å². The molecule has 1 unspecified atom stereocenters. The van der Waals surface area contributed by atoms with Crippen LogP contribution in [-0.2, 0) is 4.79 Å². The van der Waals surface area contributed by atoms with Crippen molar-refractivity contribution in [3.8, 4) is 16.3 Å². The number of carbonyl (C=O) groups is 2. The highest BCUT2D eigenvalue weighted by Gasteiger charge is 2.42. The Labute approximate surface area is 148 Å². The zero-order valence-electron chi connectivity index (χ0n) is 13.9. The lowest BCUT2D eigenvalue weighted by Gasteiger charge is -2.19. The van der Waals surface area contributed by atoms with Crippen LogP contribution in [0.5, 0.6) is 5.75 Å². The number of carboxylic acid groups (broad SMARTS) is 1. The molecule has 0 aliphatic carbocycles. The third-order valence-electron chi connectivity index (χ3n) is 4.25. The molecule has 8 nitrogen and oxygen atoms in total. The van der Waals surface area contributed by atoms with Crippen molar-refractivity contribution in [1.29, 1.82) is 0 Å². The van der Waals surface area contributed by atoms with Crippen molar-refractivity contribution in [2.24, 2.45) is 5.41 Å². The lowest BCUT2D eigenvalue weighted by molar-refractivity contribution is -0.146. The number of aliphatic carboxylic acids is 1. The zero-order valence-corrected chi connectivity index (χ0v) is 14.7. The van der Waals surface area contributed by atoms with Gasteiger partial charge in [-0.1, -0.05) is 23.5 Å². The van der Waals surface area contributed by atoms with Crippen molar-refractivity contribution in [2.75, 3.05) is 25.5 Å². The van der Waals surface area contributed by atoms with Gasteiger partial charge in [0.25, 0.3) is 0 Å². The number of methoxy groups -OCH3 is 1. The number of hydrogen-bond acceptors (Lipinski definition) is 6. The fourth-order valence-electron chi connectivity index (χ4n) is 2.68. The molecule has 25 heavy (non-hydrogen) atoms. The Balaban J connectivity index is 1.70. The monoisotopic (exact) mass is 362 g/mol. The molecule has 1 aliphatic rings. The van der Waals surface area contributed by atoms with Gasteiger partial charge < -0.3 is 14.7 Å². The highest BCUT2D eigenvalue weighted by molar-refractivity contribution is 7.18. The van der Waals surface area contributed by atoms with Gasteiger partial charge in [0.2, 0.25) is 5.13 Å². The predicted molar refractivity (Wildman–Crippen MR) is 92.8 cm³/mol. The minimum Gasteiger partial charge on any atom is -0.496 e. The number of benzene rings is 1. The van der Waals surface area contributed by atoms with Gasteiger partial charge in [0.05, 0.1) is 18.1 Å². The maximum atomic E-state index is 12.3. The van der Waals surface area contributed by atoms with E-state index in [1.165, 1.54) is 16.2 Å². The Morgan fingerprint density at radius 3 is 2.80 bits per heavy atom. The topological polar surface area (TPSA) is 105 Å². The molecule has 0 radical (unpaired) electrons. The van der Waals surface area contributed by atoms with E-state index in [0.29, 0.717) is 28.9 Å². The molecule has 3 rings (SSSR count). The van der Waals surface area contributed by atoms with Crippen LogP contribution in [0, 0.1) is 5.41 Å². The van der Waals surface area contributed by atoms with Crippen molar-refractivity contribution < 1.29 is 19.4 Å². The van der Waals surface area contributed by atoms with Gasteiger partial charge in [0.1, 0.15) is 5.75 Å². The first-order valence-corrected chi connectivity index (χ1v) is 8.51.